The van der Waals surface area contributed by atoms with E-state index in [0.29, 0.717) is 5.56 Å². The molecule has 24 heavy (non-hydrogen) atoms. The second-order valence-electron chi connectivity index (χ2n) is 6.28. The number of carbonyl (C=O) groups excluding carboxylic acids is 2. The second kappa shape index (κ2) is 6.82. The topological polar surface area (TPSA) is 67.2 Å². The Labute approximate surface area is 138 Å². The summed E-state index contributed by atoms with van der Waals surface area (Å²) < 4.78 is 40.6. The van der Waals surface area contributed by atoms with Crippen LogP contribution in [0.3, 0.4) is 0 Å². The number of piperidine rings is 1. The molecule has 1 aliphatic heterocycles. The van der Waals surface area contributed by atoms with Gasteiger partial charge in [0, 0.05) is 31.7 Å². The van der Waals surface area contributed by atoms with Gasteiger partial charge in [-0.3, -0.25) is 14.3 Å². The maximum atomic E-state index is 13.0. The summed E-state index contributed by atoms with van der Waals surface area (Å²) in [6, 6.07) is -2.20. The molecule has 2 amide bonds. The normalized spacial score (nSPS) is 21.9. The van der Waals surface area contributed by atoms with Crippen LogP contribution in [0.2, 0.25) is 0 Å². The van der Waals surface area contributed by atoms with Gasteiger partial charge in [-0.1, -0.05) is 0 Å². The number of nitrogens with zero attached hydrogens (tertiary/aromatic N) is 3. The Hall–Kier alpha value is -2.06. The molecule has 1 aliphatic rings. The van der Waals surface area contributed by atoms with E-state index in [1.54, 1.807) is 10.9 Å². The zero-order valence-electron chi connectivity index (χ0n) is 13.8. The highest BCUT2D eigenvalue weighted by Gasteiger charge is 2.47. The molecule has 2 rings (SSSR count). The van der Waals surface area contributed by atoms with Gasteiger partial charge in [0.1, 0.15) is 6.04 Å². The maximum absolute atomic E-state index is 13.0. The summed E-state index contributed by atoms with van der Waals surface area (Å²) in [6.45, 7) is 4.79. The molecule has 2 atom stereocenters. The molecule has 0 spiro atoms. The highest BCUT2D eigenvalue weighted by atomic mass is 19.4. The first-order chi connectivity index (χ1) is 11.1. The lowest BCUT2D eigenvalue weighted by Crippen LogP contribution is -2.57. The van der Waals surface area contributed by atoms with Crippen molar-refractivity contribution in [1.29, 1.82) is 0 Å². The van der Waals surface area contributed by atoms with E-state index in [1.807, 2.05) is 13.8 Å². The van der Waals surface area contributed by atoms with Crippen LogP contribution in [0.1, 0.15) is 50.0 Å². The molecular weight excluding hydrogens is 325 g/mol. The molecule has 1 aromatic heterocycles. The molecule has 0 aromatic carbocycles. The Bertz CT molecular complexity index is 612. The van der Waals surface area contributed by atoms with E-state index in [1.165, 1.54) is 6.20 Å². The lowest BCUT2D eigenvalue weighted by atomic mass is 9.97. The number of alkyl halides is 3. The van der Waals surface area contributed by atoms with Crippen molar-refractivity contribution in [1.82, 2.24) is 20.0 Å². The Balaban J connectivity index is 2.03. The smallest absolute Gasteiger partial charge is 0.347 e. The number of amides is 2. The number of nitrogens with one attached hydrogen (secondary N) is 1. The average molecular weight is 346 g/mol. The van der Waals surface area contributed by atoms with Crippen LogP contribution < -0.4 is 5.32 Å². The van der Waals surface area contributed by atoms with Gasteiger partial charge in [0.05, 0.1) is 11.8 Å². The SMILES string of the molecule is CC(=O)N1CC(NC(=O)c2cnn(C(C)C)c2)CCC1C(F)(F)F. The number of carbonyl (C=O) groups is 2. The number of aromatic nitrogens is 2. The van der Waals surface area contributed by atoms with E-state index in [0.717, 1.165) is 11.8 Å². The van der Waals surface area contributed by atoms with Crippen molar-refractivity contribution in [3.05, 3.63) is 18.0 Å². The molecule has 0 bridgehead atoms. The predicted octanol–water partition coefficient (Wildman–Crippen LogP) is 2.14. The second-order valence-corrected chi connectivity index (χ2v) is 6.28. The van der Waals surface area contributed by atoms with Crippen LogP contribution in [0, 0.1) is 0 Å². The van der Waals surface area contributed by atoms with Crippen molar-refractivity contribution >= 4 is 11.8 Å². The summed E-state index contributed by atoms with van der Waals surface area (Å²) in [5.74, 6) is -1.05. The summed E-state index contributed by atoms with van der Waals surface area (Å²) in [6.07, 6.45) is -1.51. The van der Waals surface area contributed by atoms with Crippen LogP contribution in [-0.4, -0.2) is 51.3 Å². The van der Waals surface area contributed by atoms with Crippen LogP contribution in [0.15, 0.2) is 12.4 Å². The van der Waals surface area contributed by atoms with E-state index in [9.17, 15) is 22.8 Å². The van der Waals surface area contributed by atoms with Crippen molar-refractivity contribution in [3.63, 3.8) is 0 Å². The van der Waals surface area contributed by atoms with Crippen molar-refractivity contribution < 1.29 is 22.8 Å². The molecule has 0 aliphatic carbocycles. The van der Waals surface area contributed by atoms with Gasteiger partial charge in [-0.25, -0.2) is 0 Å². The zero-order chi connectivity index (χ0) is 18.1. The fraction of sp³-hybridized carbons (Fsp3) is 0.667. The molecule has 2 unspecified atom stereocenters. The molecule has 1 N–H and O–H groups in total. The molecule has 9 heteroatoms. The summed E-state index contributed by atoms with van der Waals surface area (Å²) >= 11 is 0. The molecule has 2 heterocycles. The first-order valence-electron chi connectivity index (χ1n) is 7.78. The van der Waals surface area contributed by atoms with Crippen molar-refractivity contribution in [3.8, 4) is 0 Å². The first-order valence-corrected chi connectivity index (χ1v) is 7.78. The maximum Gasteiger partial charge on any atom is 0.408 e. The summed E-state index contributed by atoms with van der Waals surface area (Å²) in [5.41, 5.74) is 0.344. The van der Waals surface area contributed by atoms with Gasteiger partial charge >= 0.3 is 6.18 Å². The van der Waals surface area contributed by atoms with Crippen LogP contribution in [0.4, 0.5) is 13.2 Å². The van der Waals surface area contributed by atoms with Gasteiger partial charge in [-0.2, -0.15) is 18.3 Å². The number of hydrogen-bond acceptors (Lipinski definition) is 3. The minimum atomic E-state index is -4.46. The Morgan fingerprint density at radius 1 is 1.33 bits per heavy atom. The lowest BCUT2D eigenvalue weighted by Gasteiger charge is -2.40. The van der Waals surface area contributed by atoms with Gasteiger partial charge in [0.2, 0.25) is 5.91 Å². The molecule has 1 fully saturated rings. The quantitative estimate of drug-likeness (QED) is 0.912. The summed E-state index contributed by atoms with van der Waals surface area (Å²) in [7, 11) is 0. The third-order valence-electron chi connectivity index (χ3n) is 4.09. The third-order valence-corrected chi connectivity index (χ3v) is 4.09. The van der Waals surface area contributed by atoms with Gasteiger partial charge in [-0.15, -0.1) is 0 Å². The first kappa shape index (κ1) is 18.3. The van der Waals surface area contributed by atoms with Crippen LogP contribution in [-0.2, 0) is 4.79 Å². The molecular formula is C15H21F3N4O2. The zero-order valence-corrected chi connectivity index (χ0v) is 13.8. The van der Waals surface area contributed by atoms with Gasteiger partial charge in [0.15, 0.2) is 0 Å². The minimum absolute atomic E-state index is 0.0991. The van der Waals surface area contributed by atoms with E-state index in [2.05, 4.69) is 10.4 Å². The number of hydrogen-bond donors (Lipinski definition) is 1. The van der Waals surface area contributed by atoms with Crippen molar-refractivity contribution in [2.45, 2.75) is 57.9 Å². The van der Waals surface area contributed by atoms with Crippen LogP contribution in [0.5, 0.6) is 0 Å². The number of rotatable bonds is 3. The summed E-state index contributed by atoms with van der Waals surface area (Å²) in [5, 5.41) is 6.75. The van der Waals surface area contributed by atoms with E-state index >= 15 is 0 Å². The molecule has 1 saturated heterocycles. The molecule has 0 saturated carbocycles. The highest BCUT2D eigenvalue weighted by molar-refractivity contribution is 5.94. The van der Waals surface area contributed by atoms with Gasteiger partial charge in [0.25, 0.3) is 5.91 Å². The molecule has 1 aromatic rings. The largest absolute Gasteiger partial charge is 0.408 e. The Morgan fingerprint density at radius 3 is 2.50 bits per heavy atom. The lowest BCUT2D eigenvalue weighted by molar-refractivity contribution is -0.196. The van der Waals surface area contributed by atoms with Crippen LogP contribution in [0.25, 0.3) is 0 Å². The monoisotopic (exact) mass is 346 g/mol. The Morgan fingerprint density at radius 2 is 2.00 bits per heavy atom. The average Bonchev–Trinajstić information content (AvgIpc) is 2.96. The van der Waals surface area contributed by atoms with Gasteiger partial charge < -0.3 is 10.2 Å². The fourth-order valence-corrected chi connectivity index (χ4v) is 2.78. The van der Waals surface area contributed by atoms with E-state index < -0.39 is 30.1 Å². The molecule has 134 valence electrons. The van der Waals surface area contributed by atoms with Gasteiger partial charge in [-0.05, 0) is 26.7 Å². The van der Waals surface area contributed by atoms with Crippen molar-refractivity contribution in [2.75, 3.05) is 6.54 Å². The van der Waals surface area contributed by atoms with E-state index in [4.69, 9.17) is 0 Å². The predicted molar refractivity (Wildman–Crippen MR) is 80.3 cm³/mol. The number of halogens is 3. The number of likely N-dealkylation sites (tertiary alicyclic amines) is 1. The molecule has 6 nitrogen and oxygen atoms in total. The molecule has 0 radical (unpaired) electrons. The highest BCUT2D eigenvalue weighted by Crippen LogP contribution is 2.32. The third kappa shape index (κ3) is 4.07. The van der Waals surface area contributed by atoms with Crippen LogP contribution >= 0.6 is 0 Å². The Kier molecular flexibility index (Phi) is 5.19. The van der Waals surface area contributed by atoms with E-state index in [-0.39, 0.29) is 25.4 Å². The minimum Gasteiger partial charge on any atom is -0.347 e. The standard InChI is InChI=1S/C15H21F3N4O2/c1-9(2)22-7-11(6-19-22)14(24)20-12-4-5-13(15(16,17)18)21(8-12)10(3)23/h6-7,9,12-13H,4-5,8H2,1-3H3,(H,20,24). The van der Waals surface area contributed by atoms with Crippen molar-refractivity contribution in [2.24, 2.45) is 0 Å². The fourth-order valence-electron chi connectivity index (χ4n) is 2.78. The summed E-state index contributed by atoms with van der Waals surface area (Å²) in [4.78, 5) is 24.5.